The van der Waals surface area contributed by atoms with E-state index in [-0.39, 0.29) is 11.9 Å². The molecule has 102 valence electrons. The Morgan fingerprint density at radius 2 is 2.21 bits per heavy atom. The minimum atomic E-state index is -0.259. The number of hydrogen-bond acceptors (Lipinski definition) is 4. The molecule has 0 aliphatic carbocycles. The lowest BCUT2D eigenvalue weighted by molar-refractivity contribution is 0.363. The number of likely N-dealkylation sites (N-methyl/N-ethyl adjacent to an activating group) is 1. The third-order valence-corrected chi connectivity index (χ3v) is 2.93. The van der Waals surface area contributed by atoms with Gasteiger partial charge in [-0.1, -0.05) is 12.1 Å². The van der Waals surface area contributed by atoms with Crippen LogP contribution in [0.2, 0.25) is 0 Å². The Labute approximate surface area is 112 Å². The number of aromatic nitrogens is 2. The van der Waals surface area contributed by atoms with E-state index in [1.54, 1.807) is 6.07 Å². The zero-order valence-corrected chi connectivity index (χ0v) is 11.4. The Balaban J connectivity index is 2.16. The highest BCUT2D eigenvalue weighted by atomic mass is 19.1. The van der Waals surface area contributed by atoms with E-state index in [0.717, 1.165) is 17.7 Å². The maximum atomic E-state index is 13.1. The van der Waals surface area contributed by atoms with E-state index < -0.39 is 0 Å². The number of rotatable bonds is 5. The smallest absolute Gasteiger partial charge is 0.228 e. The summed E-state index contributed by atoms with van der Waals surface area (Å²) in [7, 11) is 0. The molecule has 1 atom stereocenters. The summed E-state index contributed by atoms with van der Waals surface area (Å²) < 4.78 is 18.3. The van der Waals surface area contributed by atoms with E-state index in [4.69, 9.17) is 4.52 Å². The zero-order chi connectivity index (χ0) is 13.8. The minimum absolute atomic E-state index is 0.259. The number of halogens is 1. The number of hydrogen-bond donors (Lipinski definition) is 1. The van der Waals surface area contributed by atoms with Crippen LogP contribution in [0, 0.1) is 12.7 Å². The minimum Gasteiger partial charge on any atom is -0.339 e. The Morgan fingerprint density at radius 3 is 2.89 bits per heavy atom. The Bertz CT molecular complexity index is 553. The fraction of sp³-hybridized carbons (Fsp3) is 0.429. The summed E-state index contributed by atoms with van der Waals surface area (Å²) in [5, 5.41) is 7.24. The van der Waals surface area contributed by atoms with Gasteiger partial charge in [-0.05, 0) is 44.2 Å². The molecule has 1 N–H and O–H groups in total. The molecule has 0 aliphatic heterocycles. The summed E-state index contributed by atoms with van der Waals surface area (Å²) in [6.45, 7) is 6.85. The highest BCUT2D eigenvalue weighted by Gasteiger charge is 2.13. The molecule has 1 aromatic carbocycles. The molecule has 4 nitrogen and oxygen atoms in total. The first-order valence-corrected chi connectivity index (χ1v) is 6.42. The third-order valence-electron chi connectivity index (χ3n) is 2.93. The largest absolute Gasteiger partial charge is 0.339 e. The van der Waals surface area contributed by atoms with Gasteiger partial charge in [-0.15, -0.1) is 0 Å². The average Bonchev–Trinajstić information content (AvgIpc) is 2.77. The zero-order valence-electron chi connectivity index (χ0n) is 11.4. The summed E-state index contributed by atoms with van der Waals surface area (Å²) in [5.74, 6) is 0.842. The standard InChI is InChI=1S/C14H18FN3O/c1-4-16-10(3)8-13-17-14(18-19-13)12-6-5-11(15)7-9(12)2/h5-7,10,16H,4,8H2,1-3H3. The highest BCUT2D eigenvalue weighted by molar-refractivity contribution is 5.59. The summed E-state index contributed by atoms with van der Waals surface area (Å²) >= 11 is 0. The van der Waals surface area contributed by atoms with E-state index in [0.29, 0.717) is 18.1 Å². The number of benzene rings is 1. The van der Waals surface area contributed by atoms with Crippen molar-refractivity contribution in [1.29, 1.82) is 0 Å². The van der Waals surface area contributed by atoms with Gasteiger partial charge in [0.05, 0.1) is 0 Å². The normalized spacial score (nSPS) is 12.6. The van der Waals surface area contributed by atoms with Crippen molar-refractivity contribution in [2.24, 2.45) is 0 Å². The van der Waals surface area contributed by atoms with E-state index in [9.17, 15) is 4.39 Å². The van der Waals surface area contributed by atoms with Crippen LogP contribution in [0.25, 0.3) is 11.4 Å². The molecule has 0 saturated heterocycles. The van der Waals surface area contributed by atoms with Crippen LogP contribution in [0.1, 0.15) is 25.3 Å². The van der Waals surface area contributed by atoms with Crippen LogP contribution in [-0.4, -0.2) is 22.7 Å². The first kappa shape index (κ1) is 13.7. The van der Waals surface area contributed by atoms with Gasteiger partial charge in [0.2, 0.25) is 11.7 Å². The van der Waals surface area contributed by atoms with Crippen LogP contribution in [0.4, 0.5) is 4.39 Å². The van der Waals surface area contributed by atoms with Gasteiger partial charge in [0.1, 0.15) is 5.82 Å². The third kappa shape index (κ3) is 3.38. The topological polar surface area (TPSA) is 51.0 Å². The summed E-state index contributed by atoms with van der Waals surface area (Å²) in [5.41, 5.74) is 1.60. The van der Waals surface area contributed by atoms with Crippen molar-refractivity contribution in [3.63, 3.8) is 0 Å². The van der Waals surface area contributed by atoms with Crippen molar-refractivity contribution >= 4 is 0 Å². The van der Waals surface area contributed by atoms with Gasteiger partial charge in [0.25, 0.3) is 0 Å². The van der Waals surface area contributed by atoms with Crippen LogP contribution in [0.3, 0.4) is 0 Å². The summed E-state index contributed by atoms with van der Waals surface area (Å²) in [4.78, 5) is 4.35. The summed E-state index contributed by atoms with van der Waals surface area (Å²) in [6.07, 6.45) is 0.682. The average molecular weight is 263 g/mol. The molecule has 0 saturated carbocycles. The molecule has 5 heteroatoms. The maximum absolute atomic E-state index is 13.1. The van der Waals surface area contributed by atoms with Crippen LogP contribution < -0.4 is 5.32 Å². The van der Waals surface area contributed by atoms with Crippen molar-refractivity contribution in [3.05, 3.63) is 35.5 Å². The number of nitrogens with zero attached hydrogens (tertiary/aromatic N) is 2. The second kappa shape index (κ2) is 5.93. The predicted molar refractivity (Wildman–Crippen MR) is 71.3 cm³/mol. The maximum Gasteiger partial charge on any atom is 0.228 e. The lowest BCUT2D eigenvalue weighted by Gasteiger charge is -2.07. The van der Waals surface area contributed by atoms with Crippen LogP contribution >= 0.6 is 0 Å². The molecule has 0 aliphatic rings. The summed E-state index contributed by atoms with van der Waals surface area (Å²) in [6, 6.07) is 4.83. The molecule has 2 rings (SSSR count). The van der Waals surface area contributed by atoms with E-state index in [2.05, 4.69) is 29.3 Å². The molecular weight excluding hydrogens is 245 g/mol. The van der Waals surface area contributed by atoms with Crippen molar-refractivity contribution in [1.82, 2.24) is 15.5 Å². The molecule has 0 amide bonds. The molecule has 1 aromatic heterocycles. The Kier molecular flexibility index (Phi) is 4.27. The van der Waals surface area contributed by atoms with E-state index in [1.165, 1.54) is 12.1 Å². The molecule has 1 heterocycles. The van der Waals surface area contributed by atoms with E-state index >= 15 is 0 Å². The quantitative estimate of drug-likeness (QED) is 0.901. The molecule has 19 heavy (non-hydrogen) atoms. The SMILES string of the molecule is CCNC(C)Cc1nc(-c2ccc(F)cc2C)no1. The fourth-order valence-corrected chi connectivity index (χ4v) is 2.01. The van der Waals surface area contributed by atoms with Gasteiger partial charge in [-0.25, -0.2) is 4.39 Å². The first-order chi connectivity index (χ1) is 9.10. The second-order valence-corrected chi connectivity index (χ2v) is 4.63. The second-order valence-electron chi connectivity index (χ2n) is 4.63. The number of nitrogens with one attached hydrogen (secondary N) is 1. The molecule has 0 fully saturated rings. The van der Waals surface area contributed by atoms with Gasteiger partial charge >= 0.3 is 0 Å². The van der Waals surface area contributed by atoms with Crippen LogP contribution in [-0.2, 0) is 6.42 Å². The molecule has 0 bridgehead atoms. The monoisotopic (exact) mass is 263 g/mol. The molecule has 0 radical (unpaired) electrons. The van der Waals surface area contributed by atoms with Gasteiger partial charge in [0.15, 0.2) is 0 Å². The van der Waals surface area contributed by atoms with Gasteiger partial charge in [-0.2, -0.15) is 4.98 Å². The van der Waals surface area contributed by atoms with Crippen molar-refractivity contribution in [3.8, 4) is 11.4 Å². The fourth-order valence-electron chi connectivity index (χ4n) is 2.01. The lowest BCUT2D eigenvalue weighted by Crippen LogP contribution is -2.27. The molecule has 2 aromatic rings. The molecule has 1 unspecified atom stereocenters. The van der Waals surface area contributed by atoms with Crippen molar-refractivity contribution < 1.29 is 8.91 Å². The van der Waals surface area contributed by atoms with Crippen LogP contribution in [0.5, 0.6) is 0 Å². The highest BCUT2D eigenvalue weighted by Crippen LogP contribution is 2.21. The van der Waals surface area contributed by atoms with Crippen molar-refractivity contribution in [2.75, 3.05) is 6.54 Å². The first-order valence-electron chi connectivity index (χ1n) is 6.42. The predicted octanol–water partition coefficient (Wildman–Crippen LogP) is 2.72. The molecular formula is C14H18FN3O. The van der Waals surface area contributed by atoms with Gasteiger partial charge in [-0.3, -0.25) is 0 Å². The Morgan fingerprint density at radius 1 is 1.42 bits per heavy atom. The van der Waals surface area contributed by atoms with Gasteiger partial charge < -0.3 is 9.84 Å². The van der Waals surface area contributed by atoms with E-state index in [1.807, 2.05) is 6.92 Å². The van der Waals surface area contributed by atoms with Crippen LogP contribution in [0.15, 0.2) is 22.7 Å². The lowest BCUT2D eigenvalue weighted by atomic mass is 10.1. The van der Waals surface area contributed by atoms with Gasteiger partial charge in [0, 0.05) is 18.0 Å². The Hall–Kier alpha value is -1.75. The molecule has 0 spiro atoms. The number of aryl methyl sites for hydroxylation is 1. The van der Waals surface area contributed by atoms with Crippen molar-refractivity contribution in [2.45, 2.75) is 33.2 Å².